The fourth-order valence-electron chi connectivity index (χ4n) is 2.17. The van der Waals surface area contributed by atoms with Gasteiger partial charge in [-0.2, -0.15) is 0 Å². The second-order valence-corrected chi connectivity index (χ2v) is 5.93. The van der Waals surface area contributed by atoms with Crippen molar-refractivity contribution in [1.29, 1.82) is 0 Å². The Morgan fingerprint density at radius 3 is 2.52 bits per heavy atom. The first kappa shape index (κ1) is 18.3. The molecule has 2 aromatic rings. The number of benzene rings is 2. The molecule has 0 unspecified atom stereocenters. The molecule has 3 N–H and O–H groups in total. The molecule has 0 fully saturated rings. The molecular weight excluding hydrogens is 316 g/mol. The standard InChI is InChI=1S/C20H22N2O3/c1-14(2)16-9-6-15(7-10-16)8-11-20(24)22-17-4-3-5-18(12-17)25-13-19(21)23/h3-12,14H,13H2,1-2H3,(H2,21,23)(H,22,24). The molecule has 25 heavy (non-hydrogen) atoms. The maximum Gasteiger partial charge on any atom is 0.255 e. The van der Waals surface area contributed by atoms with Crippen LogP contribution in [0.15, 0.2) is 54.6 Å². The average Bonchev–Trinajstić information content (AvgIpc) is 2.59. The van der Waals surface area contributed by atoms with Crippen molar-refractivity contribution in [2.24, 2.45) is 5.73 Å². The minimum absolute atomic E-state index is 0.205. The summed E-state index contributed by atoms with van der Waals surface area (Å²) in [5.41, 5.74) is 7.83. The van der Waals surface area contributed by atoms with Gasteiger partial charge in [0.25, 0.3) is 5.91 Å². The summed E-state index contributed by atoms with van der Waals surface area (Å²) in [6.07, 6.45) is 3.23. The van der Waals surface area contributed by atoms with E-state index >= 15 is 0 Å². The smallest absolute Gasteiger partial charge is 0.255 e. The molecule has 0 aliphatic rings. The van der Waals surface area contributed by atoms with Crippen LogP contribution in [-0.2, 0) is 9.59 Å². The fourth-order valence-corrected chi connectivity index (χ4v) is 2.17. The lowest BCUT2D eigenvalue weighted by atomic mass is 10.0. The van der Waals surface area contributed by atoms with Crippen molar-refractivity contribution in [1.82, 2.24) is 0 Å². The predicted octanol–water partition coefficient (Wildman–Crippen LogP) is 3.33. The molecule has 5 nitrogen and oxygen atoms in total. The fraction of sp³-hybridized carbons (Fsp3) is 0.200. The van der Waals surface area contributed by atoms with E-state index in [-0.39, 0.29) is 12.5 Å². The number of nitrogens with one attached hydrogen (secondary N) is 1. The third-order valence-electron chi connectivity index (χ3n) is 3.51. The lowest BCUT2D eigenvalue weighted by Gasteiger charge is -2.07. The Balaban J connectivity index is 1.95. The van der Waals surface area contributed by atoms with Gasteiger partial charge >= 0.3 is 0 Å². The Morgan fingerprint density at radius 2 is 1.88 bits per heavy atom. The lowest BCUT2D eigenvalue weighted by molar-refractivity contribution is -0.120. The van der Waals surface area contributed by atoms with Crippen molar-refractivity contribution in [2.75, 3.05) is 11.9 Å². The Kier molecular flexibility index (Phi) is 6.34. The van der Waals surface area contributed by atoms with Crippen LogP contribution in [0, 0.1) is 0 Å². The van der Waals surface area contributed by atoms with Crippen LogP contribution in [0.5, 0.6) is 5.75 Å². The van der Waals surface area contributed by atoms with Crippen LogP contribution in [0.4, 0.5) is 5.69 Å². The Bertz CT molecular complexity index is 765. The van der Waals surface area contributed by atoms with Crippen LogP contribution in [0.2, 0.25) is 0 Å². The molecule has 0 saturated carbocycles. The van der Waals surface area contributed by atoms with Crippen LogP contribution in [0.3, 0.4) is 0 Å². The summed E-state index contributed by atoms with van der Waals surface area (Å²) in [5, 5.41) is 2.75. The Labute approximate surface area is 147 Å². The van der Waals surface area contributed by atoms with Gasteiger partial charge in [0.15, 0.2) is 6.61 Å². The summed E-state index contributed by atoms with van der Waals surface area (Å²) in [5.74, 6) is 0.135. The molecule has 2 aromatic carbocycles. The normalized spacial score (nSPS) is 10.8. The monoisotopic (exact) mass is 338 g/mol. The highest BCUT2D eigenvalue weighted by Crippen LogP contribution is 2.18. The van der Waals surface area contributed by atoms with E-state index in [9.17, 15) is 9.59 Å². The van der Waals surface area contributed by atoms with Crippen molar-refractivity contribution >= 4 is 23.6 Å². The molecule has 0 saturated heterocycles. The van der Waals surface area contributed by atoms with E-state index in [2.05, 4.69) is 31.3 Å². The number of anilines is 1. The van der Waals surface area contributed by atoms with E-state index in [1.54, 1.807) is 30.3 Å². The minimum atomic E-state index is -0.555. The van der Waals surface area contributed by atoms with Crippen molar-refractivity contribution in [2.45, 2.75) is 19.8 Å². The third-order valence-corrected chi connectivity index (χ3v) is 3.51. The average molecular weight is 338 g/mol. The summed E-state index contributed by atoms with van der Waals surface area (Å²) in [4.78, 5) is 22.8. The number of nitrogens with two attached hydrogens (primary N) is 1. The number of ether oxygens (including phenoxy) is 1. The predicted molar refractivity (Wildman–Crippen MR) is 99.3 cm³/mol. The van der Waals surface area contributed by atoms with Gasteiger partial charge in [0.05, 0.1) is 0 Å². The van der Waals surface area contributed by atoms with Crippen LogP contribution >= 0.6 is 0 Å². The molecule has 130 valence electrons. The first-order chi connectivity index (χ1) is 11.9. The van der Waals surface area contributed by atoms with Crippen molar-refractivity contribution < 1.29 is 14.3 Å². The number of hydrogen-bond acceptors (Lipinski definition) is 3. The van der Waals surface area contributed by atoms with Gasteiger partial charge in [-0.1, -0.05) is 44.2 Å². The third kappa shape index (κ3) is 6.14. The van der Waals surface area contributed by atoms with Crippen molar-refractivity contribution in [3.63, 3.8) is 0 Å². The van der Waals surface area contributed by atoms with E-state index in [4.69, 9.17) is 10.5 Å². The lowest BCUT2D eigenvalue weighted by Crippen LogP contribution is -2.20. The van der Waals surface area contributed by atoms with Crippen molar-refractivity contribution in [3.8, 4) is 5.75 Å². The van der Waals surface area contributed by atoms with Gasteiger partial charge in [-0.25, -0.2) is 0 Å². The maximum absolute atomic E-state index is 12.0. The molecule has 0 spiro atoms. The second kappa shape index (κ2) is 8.68. The second-order valence-electron chi connectivity index (χ2n) is 5.93. The summed E-state index contributed by atoms with van der Waals surface area (Å²) in [7, 11) is 0. The molecule has 0 bridgehead atoms. The molecule has 2 amide bonds. The largest absolute Gasteiger partial charge is 0.484 e. The van der Waals surface area contributed by atoms with Crippen molar-refractivity contribution in [3.05, 3.63) is 65.7 Å². The number of carbonyl (C=O) groups is 2. The number of rotatable bonds is 7. The van der Waals surface area contributed by atoms with Gasteiger partial charge in [-0.05, 0) is 35.3 Å². The van der Waals surface area contributed by atoms with Gasteiger partial charge in [0.2, 0.25) is 5.91 Å². The first-order valence-corrected chi connectivity index (χ1v) is 8.04. The summed E-state index contributed by atoms with van der Waals surface area (Å²) in [6.45, 7) is 4.07. The molecule has 0 aliphatic carbocycles. The zero-order chi connectivity index (χ0) is 18.2. The molecule has 2 rings (SSSR count). The van der Waals surface area contributed by atoms with Gasteiger partial charge in [0.1, 0.15) is 5.75 Å². The highest BCUT2D eigenvalue weighted by molar-refractivity contribution is 6.02. The molecule has 5 heteroatoms. The van der Waals surface area contributed by atoms with E-state index in [1.165, 1.54) is 11.6 Å². The topological polar surface area (TPSA) is 81.4 Å². The van der Waals surface area contributed by atoms with E-state index in [0.29, 0.717) is 17.4 Å². The molecule has 0 aliphatic heterocycles. The van der Waals surface area contributed by atoms with E-state index < -0.39 is 5.91 Å². The van der Waals surface area contributed by atoms with Gasteiger partial charge in [-0.15, -0.1) is 0 Å². The molecule has 0 heterocycles. The maximum atomic E-state index is 12.0. The van der Waals surface area contributed by atoms with Gasteiger partial charge in [0, 0.05) is 17.8 Å². The zero-order valence-electron chi connectivity index (χ0n) is 14.4. The van der Waals surface area contributed by atoms with E-state index in [0.717, 1.165) is 5.56 Å². The van der Waals surface area contributed by atoms with Crippen LogP contribution in [0.25, 0.3) is 6.08 Å². The first-order valence-electron chi connectivity index (χ1n) is 8.04. The zero-order valence-corrected chi connectivity index (χ0v) is 14.4. The summed E-state index contributed by atoms with van der Waals surface area (Å²) in [6, 6.07) is 14.9. The highest BCUT2D eigenvalue weighted by Gasteiger charge is 2.02. The quantitative estimate of drug-likeness (QED) is 0.760. The van der Waals surface area contributed by atoms with Crippen LogP contribution in [-0.4, -0.2) is 18.4 Å². The van der Waals surface area contributed by atoms with Crippen LogP contribution < -0.4 is 15.8 Å². The number of carbonyl (C=O) groups excluding carboxylic acids is 2. The molecule has 0 aromatic heterocycles. The number of amides is 2. The summed E-state index contributed by atoms with van der Waals surface area (Å²) >= 11 is 0. The van der Waals surface area contributed by atoms with Gasteiger partial charge < -0.3 is 15.8 Å². The molecular formula is C20H22N2O3. The summed E-state index contributed by atoms with van der Waals surface area (Å²) < 4.78 is 5.21. The SMILES string of the molecule is CC(C)c1ccc(C=CC(=O)Nc2cccc(OCC(N)=O)c2)cc1. The number of hydrogen-bond donors (Lipinski definition) is 2. The van der Waals surface area contributed by atoms with Gasteiger partial charge in [-0.3, -0.25) is 9.59 Å². The highest BCUT2D eigenvalue weighted by atomic mass is 16.5. The Morgan fingerprint density at radius 1 is 1.16 bits per heavy atom. The number of primary amides is 1. The minimum Gasteiger partial charge on any atom is -0.484 e. The Hall–Kier alpha value is -3.08. The van der Waals surface area contributed by atoms with E-state index in [1.807, 2.05) is 12.1 Å². The molecule has 0 radical (unpaired) electrons. The van der Waals surface area contributed by atoms with Crippen LogP contribution in [0.1, 0.15) is 30.9 Å². The molecule has 0 atom stereocenters.